The van der Waals surface area contributed by atoms with E-state index in [1.54, 1.807) is 0 Å². The molecule has 3 rings (SSSR count). The molecule has 0 radical (unpaired) electrons. The van der Waals surface area contributed by atoms with Crippen molar-refractivity contribution in [1.29, 1.82) is 0 Å². The number of carbonyl (C=O) groups is 2. The van der Waals surface area contributed by atoms with E-state index in [1.165, 1.54) is 0 Å². The molecule has 148 valence electrons. The molecular formula is C17H6Cl2F6O3. The highest BCUT2D eigenvalue weighted by atomic mass is 35.5. The first kappa shape index (κ1) is 20.5. The first-order chi connectivity index (χ1) is 12.8. The molecule has 1 aliphatic heterocycles. The van der Waals surface area contributed by atoms with Gasteiger partial charge in [-0.1, -0.05) is 0 Å². The van der Waals surface area contributed by atoms with Crippen LogP contribution in [0.2, 0.25) is 0 Å². The molecular weight excluding hydrogens is 437 g/mol. The molecule has 28 heavy (non-hydrogen) atoms. The fraction of sp³-hybridized carbons (Fsp3) is 0.176. The zero-order valence-electron chi connectivity index (χ0n) is 13.2. The minimum Gasteiger partial charge on any atom is -0.457 e. The van der Waals surface area contributed by atoms with Crippen LogP contribution in [0.5, 0.6) is 11.5 Å². The van der Waals surface area contributed by atoms with E-state index < -0.39 is 62.0 Å². The number of hydrogen-bond donors (Lipinski definition) is 0. The van der Waals surface area contributed by atoms with Gasteiger partial charge in [0.1, 0.15) is 11.5 Å². The quantitative estimate of drug-likeness (QED) is 0.425. The van der Waals surface area contributed by atoms with Crippen molar-refractivity contribution < 1.29 is 40.7 Å². The van der Waals surface area contributed by atoms with Gasteiger partial charge in [0.2, 0.25) is 5.41 Å². The van der Waals surface area contributed by atoms with E-state index in [2.05, 4.69) is 0 Å². The lowest BCUT2D eigenvalue weighted by Gasteiger charge is -2.42. The number of halogens is 8. The molecule has 0 amide bonds. The standard InChI is InChI=1S/C17H6Cl2F6O3/c18-13(26)7-1-3-11-9(5-7)15(16(20,21)22,17(23,24)25)10-6-8(14(19)27)2-4-12(10)28-11/h1-6H. The number of hydrogen-bond acceptors (Lipinski definition) is 3. The zero-order chi connectivity index (χ0) is 21.1. The van der Waals surface area contributed by atoms with Crippen LogP contribution in [-0.2, 0) is 5.41 Å². The average Bonchev–Trinajstić information content (AvgIpc) is 2.56. The second kappa shape index (κ2) is 6.38. The predicted octanol–water partition coefficient (Wildman–Crippen LogP) is 5.96. The van der Waals surface area contributed by atoms with Crippen LogP contribution in [0.25, 0.3) is 0 Å². The Morgan fingerprint density at radius 1 is 0.750 bits per heavy atom. The molecule has 2 aromatic carbocycles. The summed E-state index contributed by atoms with van der Waals surface area (Å²) in [6.07, 6.45) is -11.8. The maximum Gasteiger partial charge on any atom is 0.411 e. The molecule has 3 nitrogen and oxygen atoms in total. The van der Waals surface area contributed by atoms with Crippen molar-refractivity contribution in [3.05, 3.63) is 58.7 Å². The van der Waals surface area contributed by atoms with E-state index in [4.69, 9.17) is 27.9 Å². The summed E-state index contributed by atoms with van der Waals surface area (Å²) in [5.74, 6) is -1.51. The molecule has 11 heteroatoms. The Bertz CT molecular complexity index is 918. The summed E-state index contributed by atoms with van der Waals surface area (Å²) in [5.41, 5.74) is -8.49. The summed E-state index contributed by atoms with van der Waals surface area (Å²) < 4.78 is 89.8. The highest BCUT2D eigenvalue weighted by molar-refractivity contribution is 6.68. The Kier molecular flexibility index (Phi) is 4.67. The highest BCUT2D eigenvalue weighted by Crippen LogP contribution is 2.62. The molecule has 0 aromatic heterocycles. The van der Waals surface area contributed by atoms with E-state index in [9.17, 15) is 35.9 Å². The summed E-state index contributed by atoms with van der Waals surface area (Å²) in [7, 11) is 0. The van der Waals surface area contributed by atoms with Gasteiger partial charge in [-0.3, -0.25) is 9.59 Å². The van der Waals surface area contributed by atoms with Crippen molar-refractivity contribution in [2.75, 3.05) is 0 Å². The lowest BCUT2D eigenvalue weighted by Crippen LogP contribution is -2.56. The largest absolute Gasteiger partial charge is 0.457 e. The Hall–Kier alpha value is -2.26. The third-order valence-electron chi connectivity index (χ3n) is 4.29. The van der Waals surface area contributed by atoms with Gasteiger partial charge >= 0.3 is 12.4 Å². The molecule has 0 N–H and O–H groups in total. The van der Waals surface area contributed by atoms with Crippen molar-refractivity contribution in [2.45, 2.75) is 17.8 Å². The predicted molar refractivity (Wildman–Crippen MR) is 86.2 cm³/mol. The number of carbonyl (C=O) groups excluding carboxylic acids is 2. The molecule has 0 spiro atoms. The van der Waals surface area contributed by atoms with Gasteiger partial charge in [-0.05, 0) is 59.6 Å². The minimum atomic E-state index is -5.92. The topological polar surface area (TPSA) is 43.4 Å². The van der Waals surface area contributed by atoms with Crippen LogP contribution in [0, 0.1) is 0 Å². The summed E-state index contributed by atoms with van der Waals surface area (Å²) in [5, 5.41) is -2.51. The normalized spacial score (nSPS) is 15.3. The average molecular weight is 443 g/mol. The van der Waals surface area contributed by atoms with Gasteiger partial charge in [-0.25, -0.2) is 0 Å². The number of ether oxygens (including phenoxy) is 1. The van der Waals surface area contributed by atoms with E-state index >= 15 is 0 Å². The fourth-order valence-electron chi connectivity index (χ4n) is 3.10. The van der Waals surface area contributed by atoms with Crippen LogP contribution < -0.4 is 4.74 Å². The van der Waals surface area contributed by atoms with Crippen molar-refractivity contribution in [3.63, 3.8) is 0 Å². The van der Waals surface area contributed by atoms with Crippen molar-refractivity contribution in [3.8, 4) is 11.5 Å². The summed E-state index contributed by atoms with van der Waals surface area (Å²) >= 11 is 10.5. The van der Waals surface area contributed by atoms with Crippen LogP contribution in [0.1, 0.15) is 31.8 Å². The molecule has 0 saturated heterocycles. The highest BCUT2D eigenvalue weighted by Gasteiger charge is 2.75. The molecule has 0 unspecified atom stereocenters. The van der Waals surface area contributed by atoms with Crippen molar-refractivity contribution >= 4 is 33.7 Å². The second-order valence-corrected chi connectivity index (χ2v) is 6.50. The molecule has 1 heterocycles. The lowest BCUT2D eigenvalue weighted by atomic mass is 9.70. The van der Waals surface area contributed by atoms with E-state index in [0.717, 1.165) is 24.3 Å². The molecule has 0 atom stereocenters. The van der Waals surface area contributed by atoms with Gasteiger partial charge in [0.25, 0.3) is 10.5 Å². The van der Waals surface area contributed by atoms with Crippen LogP contribution in [0.3, 0.4) is 0 Å². The number of alkyl halides is 6. The zero-order valence-corrected chi connectivity index (χ0v) is 14.7. The third-order valence-corrected chi connectivity index (χ3v) is 4.73. The van der Waals surface area contributed by atoms with Gasteiger partial charge in [-0.2, -0.15) is 26.3 Å². The Balaban J connectivity index is 2.51. The Labute approximate surface area is 162 Å². The van der Waals surface area contributed by atoms with Crippen molar-refractivity contribution in [1.82, 2.24) is 0 Å². The maximum atomic E-state index is 14.1. The van der Waals surface area contributed by atoms with Gasteiger partial charge in [-0.15, -0.1) is 0 Å². The van der Waals surface area contributed by atoms with Crippen LogP contribution in [-0.4, -0.2) is 22.8 Å². The molecule has 0 fully saturated rings. The van der Waals surface area contributed by atoms with Crippen LogP contribution in [0.4, 0.5) is 26.3 Å². The summed E-state index contributed by atoms with van der Waals surface area (Å²) in [6.45, 7) is 0. The van der Waals surface area contributed by atoms with Crippen LogP contribution in [0.15, 0.2) is 36.4 Å². The smallest absolute Gasteiger partial charge is 0.411 e. The first-order valence-electron chi connectivity index (χ1n) is 7.30. The van der Waals surface area contributed by atoms with Crippen LogP contribution >= 0.6 is 23.2 Å². The van der Waals surface area contributed by atoms with Gasteiger partial charge < -0.3 is 4.74 Å². The monoisotopic (exact) mass is 442 g/mol. The van der Waals surface area contributed by atoms with E-state index in [0.29, 0.717) is 12.1 Å². The lowest BCUT2D eigenvalue weighted by molar-refractivity contribution is -0.290. The number of benzene rings is 2. The Morgan fingerprint density at radius 3 is 1.39 bits per heavy atom. The molecule has 0 aliphatic carbocycles. The van der Waals surface area contributed by atoms with Gasteiger partial charge in [0.15, 0.2) is 0 Å². The molecule has 2 aromatic rings. The Morgan fingerprint density at radius 2 is 1.11 bits per heavy atom. The number of fused-ring (bicyclic) bond motifs is 2. The second-order valence-electron chi connectivity index (χ2n) is 5.82. The molecule has 0 bridgehead atoms. The molecule has 1 aliphatic rings. The van der Waals surface area contributed by atoms with Crippen molar-refractivity contribution in [2.24, 2.45) is 0 Å². The number of rotatable bonds is 2. The summed E-state index contributed by atoms with van der Waals surface area (Å²) in [4.78, 5) is 22.7. The SMILES string of the molecule is O=C(Cl)c1ccc2c(c1)C(C(F)(F)F)(C(F)(F)F)c1cc(C(=O)Cl)ccc1O2. The molecule has 0 saturated carbocycles. The summed E-state index contributed by atoms with van der Waals surface area (Å²) in [6, 6.07) is 4.22. The van der Waals surface area contributed by atoms with E-state index in [1.807, 2.05) is 0 Å². The van der Waals surface area contributed by atoms with E-state index in [-0.39, 0.29) is 0 Å². The maximum absolute atomic E-state index is 14.1. The first-order valence-corrected chi connectivity index (χ1v) is 8.06. The fourth-order valence-corrected chi connectivity index (χ4v) is 3.34. The third kappa shape index (κ3) is 2.84. The minimum absolute atomic E-state index is 0.379. The van der Waals surface area contributed by atoms with Gasteiger partial charge in [0.05, 0.1) is 0 Å². The van der Waals surface area contributed by atoms with Gasteiger partial charge in [0, 0.05) is 22.3 Å².